The maximum Gasteiger partial charge on any atom is 0.407 e. The number of fused-ring (bicyclic) bond motifs is 1. The summed E-state index contributed by atoms with van der Waals surface area (Å²) in [6.45, 7) is 2.61. The lowest BCUT2D eigenvalue weighted by Gasteiger charge is -2.38. The van der Waals surface area contributed by atoms with Gasteiger partial charge in [0.05, 0.1) is 12.2 Å². The van der Waals surface area contributed by atoms with E-state index in [0.29, 0.717) is 42.7 Å². The van der Waals surface area contributed by atoms with Crippen molar-refractivity contribution in [2.75, 3.05) is 37.3 Å². The Morgan fingerprint density at radius 2 is 2.06 bits per heavy atom. The van der Waals surface area contributed by atoms with E-state index < -0.39 is 12.1 Å². The van der Waals surface area contributed by atoms with Crippen molar-refractivity contribution in [1.82, 2.24) is 20.2 Å². The molecule has 3 heterocycles. The molecule has 2 N–H and O–H groups in total. The van der Waals surface area contributed by atoms with Gasteiger partial charge in [0.25, 0.3) is 0 Å². The number of rotatable bonds is 5. The van der Waals surface area contributed by atoms with Gasteiger partial charge in [0.1, 0.15) is 18.5 Å². The third-order valence-corrected chi connectivity index (χ3v) is 6.04. The van der Waals surface area contributed by atoms with Crippen molar-refractivity contribution in [3.63, 3.8) is 0 Å². The standard InChI is InChI=1S/C21H25N5O4S/c1-31-20-23-16-12-25(21(28)29)9-7-15(16)18(24-20)26-10-8-22-11-17(26)19(27)30-13-14-5-3-2-4-6-14/h2-6,17,22H,7-13H2,1H3,(H,28,29). The molecule has 1 unspecified atom stereocenters. The van der Waals surface area contributed by atoms with Gasteiger partial charge in [0.2, 0.25) is 0 Å². The number of anilines is 1. The third-order valence-electron chi connectivity index (χ3n) is 5.49. The molecule has 1 aromatic heterocycles. The Labute approximate surface area is 184 Å². The Balaban J connectivity index is 1.59. The molecule has 9 nitrogen and oxygen atoms in total. The number of esters is 1. The highest BCUT2D eigenvalue weighted by Gasteiger charge is 2.35. The Morgan fingerprint density at radius 1 is 1.26 bits per heavy atom. The van der Waals surface area contributed by atoms with E-state index >= 15 is 0 Å². The number of carboxylic acid groups (broad SMARTS) is 1. The molecule has 10 heteroatoms. The number of piperazine rings is 1. The number of carbonyl (C=O) groups is 2. The zero-order valence-electron chi connectivity index (χ0n) is 17.3. The van der Waals surface area contributed by atoms with Gasteiger partial charge in [-0.1, -0.05) is 42.1 Å². The predicted octanol–water partition coefficient (Wildman–Crippen LogP) is 1.76. The molecule has 0 saturated carbocycles. The van der Waals surface area contributed by atoms with Crippen LogP contribution in [-0.2, 0) is 29.1 Å². The molecule has 0 spiro atoms. The SMILES string of the molecule is CSc1nc2c(c(N3CCNCC3C(=O)OCc3ccccc3)n1)CCN(C(=O)O)C2. The van der Waals surface area contributed by atoms with E-state index in [0.717, 1.165) is 17.7 Å². The van der Waals surface area contributed by atoms with Gasteiger partial charge in [-0.2, -0.15) is 0 Å². The van der Waals surface area contributed by atoms with Crippen LogP contribution >= 0.6 is 11.8 Å². The van der Waals surface area contributed by atoms with E-state index in [1.165, 1.54) is 16.7 Å². The molecule has 31 heavy (non-hydrogen) atoms. The van der Waals surface area contributed by atoms with Crippen LogP contribution in [0.3, 0.4) is 0 Å². The molecule has 1 fully saturated rings. The van der Waals surface area contributed by atoms with E-state index in [-0.39, 0.29) is 19.1 Å². The first-order valence-electron chi connectivity index (χ1n) is 10.2. The molecule has 0 bridgehead atoms. The summed E-state index contributed by atoms with van der Waals surface area (Å²) < 4.78 is 5.61. The van der Waals surface area contributed by atoms with Crippen LogP contribution in [0.2, 0.25) is 0 Å². The minimum absolute atomic E-state index is 0.218. The number of hydrogen-bond acceptors (Lipinski definition) is 8. The molecule has 164 valence electrons. The second kappa shape index (κ2) is 9.52. The highest BCUT2D eigenvalue weighted by Crippen LogP contribution is 2.30. The molecule has 1 atom stereocenters. The number of thioether (sulfide) groups is 1. The first kappa shape index (κ1) is 21.4. The van der Waals surface area contributed by atoms with Crippen LogP contribution < -0.4 is 10.2 Å². The Kier molecular flexibility index (Phi) is 6.57. The quantitative estimate of drug-likeness (QED) is 0.406. The minimum atomic E-state index is -0.957. The minimum Gasteiger partial charge on any atom is -0.465 e. The van der Waals surface area contributed by atoms with Crippen molar-refractivity contribution in [2.45, 2.75) is 30.8 Å². The lowest BCUT2D eigenvalue weighted by Crippen LogP contribution is -2.56. The lowest BCUT2D eigenvalue weighted by atomic mass is 10.0. The van der Waals surface area contributed by atoms with Crippen molar-refractivity contribution in [2.24, 2.45) is 0 Å². The first-order chi connectivity index (χ1) is 15.1. The van der Waals surface area contributed by atoms with Crippen molar-refractivity contribution in [3.8, 4) is 0 Å². The van der Waals surface area contributed by atoms with Gasteiger partial charge < -0.3 is 25.0 Å². The summed E-state index contributed by atoms with van der Waals surface area (Å²) >= 11 is 1.40. The number of ether oxygens (including phenoxy) is 1. The number of nitrogens with one attached hydrogen (secondary N) is 1. The van der Waals surface area contributed by atoms with Crippen molar-refractivity contribution >= 4 is 29.6 Å². The van der Waals surface area contributed by atoms with E-state index in [9.17, 15) is 14.7 Å². The number of benzene rings is 1. The van der Waals surface area contributed by atoms with Crippen LogP contribution in [0.5, 0.6) is 0 Å². The molecular weight excluding hydrogens is 418 g/mol. The molecule has 1 saturated heterocycles. The number of hydrogen-bond donors (Lipinski definition) is 2. The number of aromatic nitrogens is 2. The molecule has 2 aliphatic rings. The summed E-state index contributed by atoms with van der Waals surface area (Å²) in [6, 6.07) is 9.08. The molecular formula is C21H25N5O4S. The highest BCUT2D eigenvalue weighted by atomic mass is 32.2. The van der Waals surface area contributed by atoms with Crippen molar-refractivity contribution in [1.29, 1.82) is 0 Å². The molecule has 0 aliphatic carbocycles. The van der Waals surface area contributed by atoms with Crippen LogP contribution in [0, 0.1) is 0 Å². The zero-order valence-corrected chi connectivity index (χ0v) is 18.1. The fraction of sp³-hybridized carbons (Fsp3) is 0.429. The topological polar surface area (TPSA) is 108 Å². The molecule has 1 aromatic carbocycles. The van der Waals surface area contributed by atoms with Gasteiger partial charge >= 0.3 is 12.1 Å². The predicted molar refractivity (Wildman–Crippen MR) is 116 cm³/mol. The highest BCUT2D eigenvalue weighted by molar-refractivity contribution is 7.98. The first-order valence-corrected chi connectivity index (χ1v) is 11.4. The van der Waals surface area contributed by atoms with E-state index in [1.807, 2.05) is 41.5 Å². The smallest absolute Gasteiger partial charge is 0.407 e. The average Bonchev–Trinajstić information content (AvgIpc) is 2.82. The molecule has 2 aliphatic heterocycles. The van der Waals surface area contributed by atoms with Gasteiger partial charge in [-0.05, 0) is 18.2 Å². The van der Waals surface area contributed by atoms with E-state index in [4.69, 9.17) is 9.72 Å². The van der Waals surface area contributed by atoms with E-state index in [2.05, 4.69) is 10.3 Å². The summed E-state index contributed by atoms with van der Waals surface area (Å²) in [6.07, 6.45) is 1.44. The normalized spacial score (nSPS) is 18.4. The van der Waals surface area contributed by atoms with Crippen LogP contribution in [0.25, 0.3) is 0 Å². The van der Waals surface area contributed by atoms with Crippen LogP contribution in [0.4, 0.5) is 10.6 Å². The largest absolute Gasteiger partial charge is 0.465 e. The third kappa shape index (κ3) is 4.75. The van der Waals surface area contributed by atoms with Gasteiger partial charge in [-0.15, -0.1) is 0 Å². The maximum atomic E-state index is 13.0. The van der Waals surface area contributed by atoms with Crippen molar-refractivity contribution in [3.05, 3.63) is 47.2 Å². The fourth-order valence-corrected chi connectivity index (χ4v) is 4.25. The Hall–Kier alpha value is -2.85. The summed E-state index contributed by atoms with van der Waals surface area (Å²) in [5, 5.41) is 13.2. The van der Waals surface area contributed by atoms with Crippen molar-refractivity contribution < 1.29 is 19.4 Å². The molecule has 2 aromatic rings. The fourth-order valence-electron chi connectivity index (χ4n) is 3.87. The second-order valence-electron chi connectivity index (χ2n) is 7.42. The lowest BCUT2D eigenvalue weighted by molar-refractivity contribution is -0.146. The number of carbonyl (C=O) groups excluding carboxylic acids is 1. The molecule has 0 radical (unpaired) electrons. The molecule has 4 rings (SSSR count). The number of nitrogens with zero attached hydrogens (tertiary/aromatic N) is 4. The van der Waals surface area contributed by atoms with Gasteiger partial charge in [0.15, 0.2) is 5.16 Å². The monoisotopic (exact) mass is 443 g/mol. The molecule has 1 amide bonds. The van der Waals surface area contributed by atoms with Crippen LogP contribution in [-0.4, -0.2) is 70.5 Å². The van der Waals surface area contributed by atoms with Gasteiger partial charge in [-0.25, -0.2) is 19.6 Å². The van der Waals surface area contributed by atoms with Gasteiger partial charge in [0, 0.05) is 31.7 Å². The van der Waals surface area contributed by atoms with Crippen LogP contribution in [0.1, 0.15) is 16.8 Å². The number of amides is 1. The maximum absolute atomic E-state index is 13.0. The second-order valence-corrected chi connectivity index (χ2v) is 8.19. The summed E-state index contributed by atoms with van der Waals surface area (Å²) in [5.41, 5.74) is 2.56. The van der Waals surface area contributed by atoms with Crippen LogP contribution in [0.15, 0.2) is 35.5 Å². The average molecular weight is 444 g/mol. The summed E-state index contributed by atoms with van der Waals surface area (Å²) in [5.74, 6) is 0.402. The zero-order chi connectivity index (χ0) is 21.8. The van der Waals surface area contributed by atoms with E-state index in [1.54, 1.807) is 0 Å². The Bertz CT molecular complexity index is 958. The summed E-state index contributed by atoms with van der Waals surface area (Å²) in [7, 11) is 0. The summed E-state index contributed by atoms with van der Waals surface area (Å²) in [4.78, 5) is 37.0. The van der Waals surface area contributed by atoms with Gasteiger partial charge in [-0.3, -0.25) is 0 Å². The Morgan fingerprint density at radius 3 is 2.81 bits per heavy atom.